The van der Waals surface area contributed by atoms with Crippen LogP contribution in [-0.2, 0) is 6.54 Å². The lowest BCUT2D eigenvalue weighted by Crippen LogP contribution is -1.62. The number of aromatic nitrogens is 1. The van der Waals surface area contributed by atoms with E-state index in [1.54, 1.807) is 11.3 Å². The summed E-state index contributed by atoms with van der Waals surface area (Å²) < 4.78 is 0. The van der Waals surface area contributed by atoms with Gasteiger partial charge in [0.1, 0.15) is 0 Å². The van der Waals surface area contributed by atoms with E-state index in [2.05, 4.69) is 15.2 Å². The van der Waals surface area contributed by atoms with Crippen LogP contribution < -0.4 is 0 Å². The fourth-order valence-electron chi connectivity index (χ4n) is 0.806. The van der Waals surface area contributed by atoms with Gasteiger partial charge >= 0.3 is 0 Å². The Balaban J connectivity index is 2.61. The summed E-state index contributed by atoms with van der Waals surface area (Å²) in [5, 5.41) is 8.75. The molecule has 0 amide bonds. The first-order valence-corrected chi connectivity index (χ1v) is 3.52. The van der Waals surface area contributed by atoms with Crippen molar-refractivity contribution in [2.45, 2.75) is 13.5 Å². The molecule has 0 aromatic carbocycles. The Morgan fingerprint density at radius 1 is 1.56 bits per heavy atom. The molecule has 0 aliphatic carbocycles. The van der Waals surface area contributed by atoms with E-state index in [9.17, 15) is 0 Å². The van der Waals surface area contributed by atoms with Crippen LogP contribution in [0.25, 0.3) is 0 Å². The van der Waals surface area contributed by atoms with Gasteiger partial charge in [-0.1, -0.05) is 0 Å². The lowest BCUT2D eigenvalue weighted by molar-refractivity contribution is 1.05. The van der Waals surface area contributed by atoms with Crippen LogP contribution in [0, 0.1) is 6.92 Å². The fourth-order valence-corrected chi connectivity index (χ4v) is 1.59. The molecule has 0 N–H and O–H groups in total. The second kappa shape index (κ2) is 1.60. The van der Waals surface area contributed by atoms with Gasteiger partial charge in [0.05, 0.1) is 16.4 Å². The van der Waals surface area contributed by atoms with Gasteiger partial charge in [-0.15, -0.1) is 16.5 Å². The molecule has 9 heavy (non-hydrogen) atoms. The van der Waals surface area contributed by atoms with E-state index >= 15 is 0 Å². The number of fused-ring (bicyclic) bond motifs is 1. The van der Waals surface area contributed by atoms with Gasteiger partial charge in [0.15, 0.2) is 5.82 Å². The maximum absolute atomic E-state index is 4.15. The molecule has 1 aromatic heterocycles. The minimum atomic E-state index is 0.737. The lowest BCUT2D eigenvalue weighted by atomic mass is 10.5. The van der Waals surface area contributed by atoms with Crippen LogP contribution in [0.4, 0.5) is 5.82 Å². The first-order chi connectivity index (χ1) is 4.36. The highest BCUT2D eigenvalue weighted by atomic mass is 32.1. The predicted octanol–water partition coefficient (Wildman–Crippen LogP) is 2.05. The monoisotopic (exact) mass is 139 g/mol. The number of azo groups is 1. The van der Waals surface area contributed by atoms with Gasteiger partial charge in [0, 0.05) is 0 Å². The number of rotatable bonds is 0. The molecule has 0 unspecified atom stereocenters. The Morgan fingerprint density at radius 2 is 2.44 bits per heavy atom. The summed E-state index contributed by atoms with van der Waals surface area (Å²) >= 11 is 1.68. The zero-order valence-electron chi connectivity index (χ0n) is 4.96. The Morgan fingerprint density at radius 3 is 3.22 bits per heavy atom. The molecule has 0 saturated carbocycles. The third-order valence-electron chi connectivity index (χ3n) is 1.16. The van der Waals surface area contributed by atoms with Crippen LogP contribution in [0.1, 0.15) is 9.88 Å². The summed E-state index contributed by atoms with van der Waals surface area (Å²) in [6.07, 6.45) is 0. The van der Waals surface area contributed by atoms with E-state index in [0.29, 0.717) is 0 Å². The lowest BCUT2D eigenvalue weighted by Gasteiger charge is -1.74. The van der Waals surface area contributed by atoms with Crippen molar-refractivity contribution >= 4 is 17.2 Å². The first kappa shape index (κ1) is 5.05. The largest absolute Gasteiger partial charge is 0.220 e. The van der Waals surface area contributed by atoms with Gasteiger partial charge in [0.25, 0.3) is 0 Å². The number of aryl methyl sites for hydroxylation is 1. The smallest absolute Gasteiger partial charge is 0.190 e. The molecule has 1 aromatic rings. The highest BCUT2D eigenvalue weighted by Crippen LogP contribution is 2.30. The second-order valence-electron chi connectivity index (χ2n) is 1.88. The van der Waals surface area contributed by atoms with Gasteiger partial charge in [-0.25, -0.2) is 4.98 Å². The Labute approximate surface area is 56.5 Å². The van der Waals surface area contributed by atoms with E-state index in [1.165, 1.54) is 4.88 Å². The quantitative estimate of drug-likeness (QED) is 0.542. The molecule has 4 heteroatoms. The van der Waals surface area contributed by atoms with Gasteiger partial charge < -0.3 is 0 Å². The summed E-state index contributed by atoms with van der Waals surface area (Å²) in [4.78, 5) is 5.35. The van der Waals surface area contributed by atoms with Crippen molar-refractivity contribution in [1.29, 1.82) is 0 Å². The van der Waals surface area contributed by atoms with E-state index in [-0.39, 0.29) is 0 Å². The first-order valence-electron chi connectivity index (χ1n) is 2.70. The van der Waals surface area contributed by atoms with Crippen molar-refractivity contribution in [3.8, 4) is 0 Å². The van der Waals surface area contributed by atoms with Crippen molar-refractivity contribution < 1.29 is 0 Å². The van der Waals surface area contributed by atoms with E-state index in [0.717, 1.165) is 17.4 Å². The minimum Gasteiger partial charge on any atom is -0.220 e. The molecule has 0 fully saturated rings. The van der Waals surface area contributed by atoms with Crippen LogP contribution in [-0.4, -0.2) is 4.98 Å². The number of thiazole rings is 1. The second-order valence-corrected chi connectivity index (χ2v) is 3.17. The molecule has 3 nitrogen and oxygen atoms in total. The molecule has 46 valence electrons. The predicted molar refractivity (Wildman–Crippen MR) is 35.1 cm³/mol. The number of hydrogen-bond donors (Lipinski definition) is 0. The van der Waals surface area contributed by atoms with Crippen molar-refractivity contribution in [2.75, 3.05) is 0 Å². The van der Waals surface area contributed by atoms with Crippen LogP contribution in [0.15, 0.2) is 10.2 Å². The molecule has 2 heterocycles. The van der Waals surface area contributed by atoms with E-state index < -0.39 is 0 Å². The van der Waals surface area contributed by atoms with E-state index in [1.807, 2.05) is 6.92 Å². The van der Waals surface area contributed by atoms with Gasteiger partial charge in [-0.2, -0.15) is 5.11 Å². The van der Waals surface area contributed by atoms with Crippen molar-refractivity contribution in [3.63, 3.8) is 0 Å². The highest BCUT2D eigenvalue weighted by Gasteiger charge is 2.11. The number of hydrogen-bond acceptors (Lipinski definition) is 4. The summed E-state index contributed by atoms with van der Waals surface area (Å²) in [6.45, 7) is 2.72. The van der Waals surface area contributed by atoms with Crippen LogP contribution in [0.5, 0.6) is 0 Å². The zero-order valence-corrected chi connectivity index (χ0v) is 5.77. The molecule has 0 bridgehead atoms. The summed E-state index contributed by atoms with van der Waals surface area (Å²) in [5.74, 6) is 0.831. The molecular formula is C5H5N3S. The standard InChI is InChI=1S/C5H5N3S/c1-3-7-5-4(9-3)2-6-8-5/h2H2,1H3. The summed E-state index contributed by atoms with van der Waals surface area (Å²) in [5.41, 5.74) is 0. The topological polar surface area (TPSA) is 37.6 Å². The minimum absolute atomic E-state index is 0.737. The van der Waals surface area contributed by atoms with Crippen molar-refractivity contribution in [2.24, 2.45) is 10.2 Å². The van der Waals surface area contributed by atoms with E-state index in [4.69, 9.17) is 0 Å². The Bertz CT molecular complexity index is 263. The molecule has 0 atom stereocenters. The maximum Gasteiger partial charge on any atom is 0.190 e. The van der Waals surface area contributed by atoms with Crippen LogP contribution >= 0.6 is 11.3 Å². The van der Waals surface area contributed by atoms with Crippen LogP contribution in [0.2, 0.25) is 0 Å². The van der Waals surface area contributed by atoms with Gasteiger partial charge in [-0.05, 0) is 6.92 Å². The third kappa shape index (κ3) is 0.666. The molecule has 1 aliphatic heterocycles. The highest BCUT2D eigenvalue weighted by molar-refractivity contribution is 7.12. The maximum atomic E-state index is 4.15. The number of nitrogens with zero attached hydrogens (tertiary/aromatic N) is 3. The average molecular weight is 139 g/mol. The van der Waals surface area contributed by atoms with Crippen molar-refractivity contribution in [1.82, 2.24) is 4.98 Å². The van der Waals surface area contributed by atoms with Crippen molar-refractivity contribution in [3.05, 3.63) is 9.88 Å². The molecule has 0 radical (unpaired) electrons. The van der Waals surface area contributed by atoms with Gasteiger partial charge in [-0.3, -0.25) is 0 Å². The van der Waals surface area contributed by atoms with Gasteiger partial charge in [0.2, 0.25) is 0 Å². The molecule has 1 aliphatic rings. The zero-order chi connectivity index (χ0) is 6.27. The average Bonchev–Trinajstić information content (AvgIpc) is 2.22. The third-order valence-corrected chi connectivity index (χ3v) is 2.11. The Kier molecular flexibility index (Phi) is 0.900. The molecular weight excluding hydrogens is 134 g/mol. The molecule has 0 spiro atoms. The molecule has 2 rings (SSSR count). The van der Waals surface area contributed by atoms with Crippen LogP contribution in [0.3, 0.4) is 0 Å². The SMILES string of the molecule is Cc1nc2c(s1)CN=N2. The normalized spacial score (nSPS) is 14.3. The Hall–Kier alpha value is -0.770. The summed E-state index contributed by atoms with van der Waals surface area (Å²) in [6, 6.07) is 0. The fraction of sp³-hybridized carbons (Fsp3) is 0.400. The summed E-state index contributed by atoms with van der Waals surface area (Å²) in [7, 11) is 0. The molecule has 0 saturated heterocycles.